The van der Waals surface area contributed by atoms with Crippen LogP contribution in [0.3, 0.4) is 0 Å². The van der Waals surface area contributed by atoms with E-state index in [9.17, 15) is 18.0 Å². The molecule has 0 aliphatic rings. The maximum atomic E-state index is 13.1. The zero-order valence-electron chi connectivity index (χ0n) is 11.7. The summed E-state index contributed by atoms with van der Waals surface area (Å²) in [7, 11) is 0. The van der Waals surface area contributed by atoms with Gasteiger partial charge in [0.15, 0.2) is 0 Å². The summed E-state index contributed by atoms with van der Waals surface area (Å²) in [5.41, 5.74) is 2.77. The van der Waals surface area contributed by atoms with E-state index in [1.807, 2.05) is 13.8 Å². The average molecular weight is 288 g/mol. The third-order valence-electron chi connectivity index (χ3n) is 3.13. The first-order valence-corrected chi connectivity index (χ1v) is 6.30. The number of rotatable bonds is 5. The van der Waals surface area contributed by atoms with Crippen molar-refractivity contribution in [1.82, 2.24) is 5.32 Å². The summed E-state index contributed by atoms with van der Waals surface area (Å²) in [6, 6.07) is 4.98. The molecular weight excluding hydrogens is 269 g/mol. The minimum Gasteiger partial charge on any atom is -0.368 e. The summed E-state index contributed by atoms with van der Waals surface area (Å²) >= 11 is 0. The number of carbonyl (C=O) groups is 1. The minimum absolute atomic E-state index is 0.152. The Labute approximate surface area is 116 Å². The molecule has 1 atom stereocenters. The summed E-state index contributed by atoms with van der Waals surface area (Å²) in [4.78, 5) is 11.7. The molecule has 0 bridgehead atoms. The van der Waals surface area contributed by atoms with Crippen LogP contribution in [-0.4, -0.2) is 12.5 Å². The highest BCUT2D eigenvalue weighted by atomic mass is 19.4. The van der Waals surface area contributed by atoms with Crippen LogP contribution in [0.2, 0.25) is 0 Å². The molecule has 3 N–H and O–H groups in total. The number of carbonyl (C=O) groups excluding carboxylic acids is 1. The maximum Gasteiger partial charge on any atom is 0.416 e. The van der Waals surface area contributed by atoms with Crippen molar-refractivity contribution < 1.29 is 18.0 Å². The first kappa shape index (κ1) is 16.5. The van der Waals surface area contributed by atoms with Gasteiger partial charge in [-0.15, -0.1) is 0 Å². The molecule has 1 aromatic rings. The van der Waals surface area contributed by atoms with E-state index in [0.29, 0.717) is 6.54 Å². The van der Waals surface area contributed by atoms with Crippen molar-refractivity contribution in [2.45, 2.75) is 32.5 Å². The van der Waals surface area contributed by atoms with Crippen molar-refractivity contribution in [3.8, 4) is 0 Å². The van der Waals surface area contributed by atoms with Gasteiger partial charge in [-0.25, -0.2) is 0 Å². The van der Waals surface area contributed by atoms with Crippen LogP contribution in [0, 0.1) is 5.92 Å². The number of nitrogens with one attached hydrogen (secondary N) is 1. The van der Waals surface area contributed by atoms with Gasteiger partial charge >= 0.3 is 6.18 Å². The summed E-state index contributed by atoms with van der Waals surface area (Å²) in [6.45, 7) is 5.54. The molecule has 0 spiro atoms. The molecule has 1 aromatic carbocycles. The average Bonchev–Trinajstić information content (AvgIpc) is 2.34. The molecule has 0 aliphatic carbocycles. The fourth-order valence-corrected chi connectivity index (χ4v) is 1.89. The van der Waals surface area contributed by atoms with Crippen molar-refractivity contribution >= 4 is 5.91 Å². The lowest BCUT2D eigenvalue weighted by Gasteiger charge is -2.31. The van der Waals surface area contributed by atoms with E-state index in [0.717, 1.165) is 6.07 Å². The van der Waals surface area contributed by atoms with Gasteiger partial charge in [0.05, 0.1) is 5.56 Å². The maximum absolute atomic E-state index is 13.1. The van der Waals surface area contributed by atoms with Crippen LogP contribution < -0.4 is 11.1 Å². The zero-order chi connectivity index (χ0) is 15.6. The Morgan fingerprint density at radius 3 is 2.15 bits per heavy atom. The summed E-state index contributed by atoms with van der Waals surface area (Å²) in [5.74, 6) is -0.665. The molecule has 0 saturated heterocycles. The second-order valence-corrected chi connectivity index (χ2v) is 5.31. The van der Waals surface area contributed by atoms with E-state index >= 15 is 0 Å². The first-order chi connectivity index (χ1) is 9.09. The first-order valence-electron chi connectivity index (χ1n) is 6.30. The molecule has 6 heteroatoms. The van der Waals surface area contributed by atoms with Gasteiger partial charge in [0.25, 0.3) is 0 Å². The predicted octanol–water partition coefficient (Wildman–Crippen LogP) is 2.65. The van der Waals surface area contributed by atoms with Crippen LogP contribution in [0.1, 0.15) is 31.9 Å². The lowest BCUT2D eigenvalue weighted by atomic mass is 9.86. The lowest BCUT2D eigenvalue weighted by Crippen LogP contribution is -2.52. The number of hydrogen-bond acceptors (Lipinski definition) is 2. The Morgan fingerprint density at radius 2 is 1.75 bits per heavy atom. The second kappa shape index (κ2) is 5.83. The predicted molar refractivity (Wildman–Crippen MR) is 70.8 cm³/mol. The third-order valence-corrected chi connectivity index (χ3v) is 3.13. The second-order valence-electron chi connectivity index (χ2n) is 5.31. The van der Waals surface area contributed by atoms with Gasteiger partial charge in [-0.2, -0.15) is 13.2 Å². The number of primary amides is 1. The van der Waals surface area contributed by atoms with Gasteiger partial charge in [-0.05, 0) is 31.0 Å². The smallest absolute Gasteiger partial charge is 0.368 e. The van der Waals surface area contributed by atoms with Crippen molar-refractivity contribution in [3.05, 3.63) is 35.4 Å². The number of nitrogens with two attached hydrogens (primary N) is 1. The molecule has 0 heterocycles. The fourth-order valence-electron chi connectivity index (χ4n) is 1.89. The molecule has 3 nitrogen and oxygen atoms in total. The van der Waals surface area contributed by atoms with E-state index in [4.69, 9.17) is 5.73 Å². The normalized spacial score (nSPS) is 15.2. The van der Waals surface area contributed by atoms with Crippen LogP contribution in [0.15, 0.2) is 24.3 Å². The van der Waals surface area contributed by atoms with Crippen LogP contribution >= 0.6 is 0 Å². The summed E-state index contributed by atoms with van der Waals surface area (Å²) in [5, 5.41) is 2.85. The minimum atomic E-state index is -4.53. The highest BCUT2D eigenvalue weighted by molar-refractivity contribution is 5.86. The van der Waals surface area contributed by atoms with Crippen molar-refractivity contribution in [1.29, 1.82) is 0 Å². The van der Waals surface area contributed by atoms with Crippen molar-refractivity contribution in [2.24, 2.45) is 11.7 Å². The molecule has 0 radical (unpaired) electrons. The largest absolute Gasteiger partial charge is 0.416 e. The Bertz CT molecular complexity index is 486. The standard InChI is InChI=1S/C14H19F3N2O/c1-9(2)8-19-13(3,12(18)20)10-6-4-5-7-11(10)14(15,16)17/h4-7,9,19H,8H2,1-3H3,(H2,18,20). The molecular formula is C14H19F3N2O. The molecule has 0 fully saturated rings. The molecule has 0 aliphatic heterocycles. The Kier molecular flexibility index (Phi) is 4.81. The summed E-state index contributed by atoms with van der Waals surface area (Å²) < 4.78 is 39.2. The molecule has 1 unspecified atom stereocenters. The van der Waals surface area contributed by atoms with Gasteiger partial charge in [0, 0.05) is 0 Å². The van der Waals surface area contributed by atoms with Gasteiger partial charge in [0.2, 0.25) is 5.91 Å². The quantitative estimate of drug-likeness (QED) is 0.875. The molecule has 0 saturated carbocycles. The number of alkyl halides is 3. The molecule has 1 rings (SSSR count). The highest BCUT2D eigenvalue weighted by Crippen LogP contribution is 2.36. The number of halogens is 3. The fraction of sp³-hybridized carbons (Fsp3) is 0.500. The van der Waals surface area contributed by atoms with Crippen LogP contribution in [-0.2, 0) is 16.5 Å². The lowest BCUT2D eigenvalue weighted by molar-refractivity contribution is -0.139. The van der Waals surface area contributed by atoms with Gasteiger partial charge in [-0.3, -0.25) is 10.1 Å². The number of amides is 1. The number of benzene rings is 1. The SMILES string of the molecule is CC(C)CNC(C)(C(N)=O)c1ccccc1C(F)(F)F. The van der Waals surface area contributed by atoms with Crippen LogP contribution in [0.25, 0.3) is 0 Å². The molecule has 1 amide bonds. The Hall–Kier alpha value is -1.56. The summed E-state index contributed by atoms with van der Waals surface area (Å²) in [6.07, 6.45) is -4.53. The third kappa shape index (κ3) is 3.50. The van der Waals surface area contributed by atoms with Gasteiger partial charge in [0.1, 0.15) is 5.54 Å². The van der Waals surface area contributed by atoms with E-state index in [1.54, 1.807) is 0 Å². The monoisotopic (exact) mass is 288 g/mol. The van der Waals surface area contributed by atoms with Gasteiger partial charge < -0.3 is 5.73 Å². The number of hydrogen-bond donors (Lipinski definition) is 2. The van der Waals surface area contributed by atoms with Crippen molar-refractivity contribution in [3.63, 3.8) is 0 Å². The topological polar surface area (TPSA) is 55.1 Å². The zero-order valence-corrected chi connectivity index (χ0v) is 11.7. The molecule has 112 valence electrons. The van der Waals surface area contributed by atoms with Crippen molar-refractivity contribution in [2.75, 3.05) is 6.54 Å². The van der Waals surface area contributed by atoms with E-state index in [1.165, 1.54) is 25.1 Å². The van der Waals surface area contributed by atoms with E-state index in [-0.39, 0.29) is 11.5 Å². The van der Waals surface area contributed by atoms with E-state index < -0.39 is 23.2 Å². The Morgan fingerprint density at radius 1 is 1.25 bits per heavy atom. The molecule has 20 heavy (non-hydrogen) atoms. The Balaban J connectivity index is 3.32. The van der Waals surface area contributed by atoms with Crippen LogP contribution in [0.5, 0.6) is 0 Å². The molecule has 0 aromatic heterocycles. The van der Waals surface area contributed by atoms with Gasteiger partial charge in [-0.1, -0.05) is 32.0 Å². The highest BCUT2D eigenvalue weighted by Gasteiger charge is 2.42. The van der Waals surface area contributed by atoms with E-state index in [2.05, 4.69) is 5.32 Å². The van der Waals surface area contributed by atoms with Crippen LogP contribution in [0.4, 0.5) is 13.2 Å².